The molecule has 1 aliphatic rings. The predicted octanol–water partition coefficient (Wildman–Crippen LogP) is 2.80. The molecule has 0 radical (unpaired) electrons. The summed E-state index contributed by atoms with van der Waals surface area (Å²) >= 11 is 1.11. The van der Waals surface area contributed by atoms with Crippen LogP contribution < -0.4 is 0 Å². The minimum atomic E-state index is -3.30. The van der Waals surface area contributed by atoms with Crippen molar-refractivity contribution in [1.82, 2.24) is 9.34 Å². The van der Waals surface area contributed by atoms with Gasteiger partial charge in [-0.25, -0.2) is 9.46 Å². The van der Waals surface area contributed by atoms with Crippen LogP contribution >= 0.6 is 18.0 Å². The highest BCUT2D eigenvalue weighted by Gasteiger charge is 2.44. The molecule has 0 bridgehead atoms. The third-order valence-electron chi connectivity index (χ3n) is 2.83. The van der Waals surface area contributed by atoms with Crippen LogP contribution in [0.5, 0.6) is 0 Å². The van der Waals surface area contributed by atoms with E-state index in [1.165, 1.54) is 18.8 Å². The molecule has 0 N–H and O–H groups in total. The minimum absolute atomic E-state index is 0.0358. The Morgan fingerprint density at radius 2 is 1.84 bits per heavy atom. The molecule has 0 aromatic rings. The summed E-state index contributed by atoms with van der Waals surface area (Å²) in [4.78, 5) is 23.8. The zero-order valence-electron chi connectivity index (χ0n) is 11.8. The Labute approximate surface area is 118 Å². The number of amides is 2. The maximum atomic E-state index is 13.0. The SMILES string of the molecule is CCOC(=O)N(C)P(=O)(SCC)N(C)C(=O)C1CC1. The average molecular weight is 308 g/mol. The van der Waals surface area contributed by atoms with Crippen LogP contribution in [0.4, 0.5) is 4.79 Å². The lowest BCUT2D eigenvalue weighted by Crippen LogP contribution is -2.34. The van der Waals surface area contributed by atoms with Crippen LogP contribution in [0.3, 0.4) is 0 Å². The molecule has 0 spiro atoms. The van der Waals surface area contributed by atoms with Crippen molar-refractivity contribution < 1.29 is 18.9 Å². The smallest absolute Gasteiger partial charge is 0.416 e. The Morgan fingerprint density at radius 1 is 1.26 bits per heavy atom. The second-order valence-electron chi connectivity index (χ2n) is 4.27. The molecule has 1 rings (SSSR count). The van der Waals surface area contributed by atoms with Crippen LogP contribution in [-0.2, 0) is 14.1 Å². The van der Waals surface area contributed by atoms with Crippen molar-refractivity contribution in [2.45, 2.75) is 26.7 Å². The summed E-state index contributed by atoms with van der Waals surface area (Å²) in [5.74, 6) is 0.357. The van der Waals surface area contributed by atoms with Crippen molar-refractivity contribution >= 4 is 30.0 Å². The van der Waals surface area contributed by atoms with E-state index >= 15 is 0 Å². The second-order valence-corrected chi connectivity index (χ2v) is 9.49. The standard InChI is InChI=1S/C11H21N2O4PS/c1-5-17-11(15)13(4)18(16,19-6-2)12(3)10(14)9-7-8-9/h9H,5-8H2,1-4H3. The lowest BCUT2D eigenvalue weighted by Gasteiger charge is -2.33. The van der Waals surface area contributed by atoms with Gasteiger partial charge in [0.15, 0.2) is 0 Å². The predicted molar refractivity (Wildman–Crippen MR) is 76.0 cm³/mol. The first kappa shape index (κ1) is 16.4. The van der Waals surface area contributed by atoms with Crippen molar-refractivity contribution in [3.63, 3.8) is 0 Å². The Balaban J connectivity index is 2.90. The third-order valence-corrected chi connectivity index (χ3v) is 8.56. The maximum absolute atomic E-state index is 13.0. The average Bonchev–Trinajstić information content (AvgIpc) is 3.20. The number of ether oxygens (including phenoxy) is 1. The normalized spacial score (nSPS) is 17.5. The summed E-state index contributed by atoms with van der Waals surface area (Å²) in [6, 6.07) is 0. The lowest BCUT2D eigenvalue weighted by molar-refractivity contribution is -0.127. The second kappa shape index (κ2) is 6.66. The maximum Gasteiger partial charge on any atom is 0.416 e. The number of hydrogen-bond acceptors (Lipinski definition) is 5. The fourth-order valence-corrected chi connectivity index (χ4v) is 5.83. The van der Waals surface area contributed by atoms with E-state index in [9.17, 15) is 14.2 Å². The van der Waals surface area contributed by atoms with Crippen molar-refractivity contribution in [3.8, 4) is 0 Å². The molecule has 0 saturated heterocycles. The van der Waals surface area contributed by atoms with Gasteiger partial charge < -0.3 is 4.74 Å². The van der Waals surface area contributed by atoms with Crippen LogP contribution in [0.15, 0.2) is 0 Å². The van der Waals surface area contributed by atoms with Crippen LogP contribution in [0, 0.1) is 5.92 Å². The fourth-order valence-electron chi connectivity index (χ4n) is 1.58. The molecular weight excluding hydrogens is 287 g/mol. The molecule has 1 unspecified atom stereocenters. The van der Waals surface area contributed by atoms with E-state index in [-0.39, 0.29) is 18.4 Å². The molecule has 1 atom stereocenters. The first-order chi connectivity index (χ1) is 8.88. The number of carbonyl (C=O) groups is 2. The van der Waals surface area contributed by atoms with Gasteiger partial charge in [0, 0.05) is 25.8 Å². The van der Waals surface area contributed by atoms with E-state index in [0.717, 1.165) is 28.9 Å². The fraction of sp³-hybridized carbons (Fsp3) is 0.818. The molecule has 6 nitrogen and oxygen atoms in total. The molecule has 1 aliphatic carbocycles. The Kier molecular flexibility index (Phi) is 5.74. The van der Waals surface area contributed by atoms with Gasteiger partial charge in [-0.05, 0) is 19.8 Å². The highest BCUT2D eigenvalue weighted by molar-refractivity contribution is 8.56. The van der Waals surface area contributed by atoms with E-state index in [0.29, 0.717) is 5.75 Å². The van der Waals surface area contributed by atoms with Crippen molar-refractivity contribution in [1.29, 1.82) is 0 Å². The molecule has 2 amide bonds. The minimum Gasteiger partial charge on any atom is -0.449 e. The van der Waals surface area contributed by atoms with E-state index in [4.69, 9.17) is 4.74 Å². The van der Waals surface area contributed by atoms with E-state index < -0.39 is 12.7 Å². The molecular formula is C11H21N2O4PS. The van der Waals surface area contributed by atoms with E-state index in [2.05, 4.69) is 0 Å². The molecule has 0 heterocycles. The summed E-state index contributed by atoms with van der Waals surface area (Å²) in [5, 5.41) is 0. The summed E-state index contributed by atoms with van der Waals surface area (Å²) < 4.78 is 20.2. The van der Waals surface area contributed by atoms with Crippen LogP contribution in [0.2, 0.25) is 0 Å². The molecule has 1 saturated carbocycles. The molecule has 8 heteroatoms. The van der Waals surface area contributed by atoms with E-state index in [1.54, 1.807) is 6.92 Å². The van der Waals surface area contributed by atoms with Gasteiger partial charge >= 0.3 is 12.7 Å². The third kappa shape index (κ3) is 3.66. The molecule has 19 heavy (non-hydrogen) atoms. The first-order valence-electron chi connectivity index (χ1n) is 6.32. The molecule has 0 aliphatic heterocycles. The van der Waals surface area contributed by atoms with Crippen LogP contribution in [0.25, 0.3) is 0 Å². The van der Waals surface area contributed by atoms with E-state index in [1.807, 2.05) is 6.92 Å². The summed E-state index contributed by atoms with van der Waals surface area (Å²) in [7, 11) is 2.91. The lowest BCUT2D eigenvalue weighted by atomic mass is 10.4. The zero-order valence-corrected chi connectivity index (χ0v) is 13.5. The molecule has 0 aromatic carbocycles. The van der Waals surface area contributed by atoms with Crippen molar-refractivity contribution in [2.24, 2.45) is 5.92 Å². The molecule has 0 aromatic heterocycles. The molecule has 110 valence electrons. The first-order valence-corrected chi connectivity index (χ1v) is 9.52. The quantitative estimate of drug-likeness (QED) is 0.706. The topological polar surface area (TPSA) is 66.9 Å². The van der Waals surface area contributed by atoms with Crippen LogP contribution in [-0.4, -0.2) is 47.8 Å². The number of nitrogens with zero attached hydrogens (tertiary/aromatic N) is 2. The summed E-state index contributed by atoms with van der Waals surface area (Å²) in [6.45, 7) is 0.433. The highest BCUT2D eigenvalue weighted by atomic mass is 32.7. The van der Waals surface area contributed by atoms with Gasteiger partial charge in [-0.1, -0.05) is 18.3 Å². The van der Waals surface area contributed by atoms with Gasteiger partial charge in [-0.3, -0.25) is 14.0 Å². The van der Waals surface area contributed by atoms with Crippen molar-refractivity contribution in [3.05, 3.63) is 0 Å². The number of hydrogen-bond donors (Lipinski definition) is 0. The summed E-state index contributed by atoms with van der Waals surface area (Å²) in [5.41, 5.74) is 0. The molecule has 1 fully saturated rings. The highest BCUT2D eigenvalue weighted by Crippen LogP contribution is 2.63. The van der Waals surface area contributed by atoms with Gasteiger partial charge in [0.2, 0.25) is 5.91 Å². The van der Waals surface area contributed by atoms with Gasteiger partial charge in [-0.2, -0.15) is 0 Å². The van der Waals surface area contributed by atoms with Crippen molar-refractivity contribution in [2.75, 3.05) is 26.5 Å². The monoisotopic (exact) mass is 308 g/mol. The largest absolute Gasteiger partial charge is 0.449 e. The Hall–Kier alpha value is -0.680. The number of carbonyl (C=O) groups excluding carboxylic acids is 2. The van der Waals surface area contributed by atoms with Gasteiger partial charge in [-0.15, -0.1) is 0 Å². The summed E-state index contributed by atoms with van der Waals surface area (Å²) in [6.07, 6.45) is 1.01. The van der Waals surface area contributed by atoms with Gasteiger partial charge in [0.05, 0.1) is 6.61 Å². The van der Waals surface area contributed by atoms with Gasteiger partial charge in [0.1, 0.15) is 0 Å². The van der Waals surface area contributed by atoms with Crippen LogP contribution in [0.1, 0.15) is 26.7 Å². The number of rotatable bonds is 6. The van der Waals surface area contributed by atoms with Gasteiger partial charge in [0.25, 0.3) is 0 Å². The Morgan fingerprint density at radius 3 is 2.26 bits per heavy atom. The Bertz CT molecular complexity index is 400. The zero-order chi connectivity index (χ0) is 14.6.